The van der Waals surface area contributed by atoms with E-state index in [9.17, 15) is 9.90 Å². The number of halogens is 1. The van der Waals surface area contributed by atoms with E-state index in [1.54, 1.807) is 24.3 Å². The van der Waals surface area contributed by atoms with Crippen molar-refractivity contribution in [3.8, 4) is 0 Å². The Morgan fingerprint density at radius 1 is 1.32 bits per heavy atom. The van der Waals surface area contributed by atoms with Gasteiger partial charge in [0, 0.05) is 18.1 Å². The molecule has 1 N–H and O–H groups in total. The molecule has 4 nitrogen and oxygen atoms in total. The number of ether oxygens (including phenoxy) is 1. The largest absolute Gasteiger partial charge is 0.388 e. The topological polar surface area (TPSA) is 49.8 Å². The minimum absolute atomic E-state index is 0.00275. The van der Waals surface area contributed by atoms with Gasteiger partial charge in [-0.25, -0.2) is 0 Å². The zero-order chi connectivity index (χ0) is 15.6. The Morgan fingerprint density at radius 3 is 2.68 bits per heavy atom. The highest BCUT2D eigenvalue weighted by Crippen LogP contribution is 2.36. The van der Waals surface area contributed by atoms with E-state index in [1.165, 1.54) is 12.8 Å². The van der Waals surface area contributed by atoms with Gasteiger partial charge in [0.05, 0.1) is 24.7 Å². The normalized spacial score (nSPS) is 22.0. The number of carbonyl (C=O) groups is 1. The smallest absolute Gasteiger partial charge is 0.225 e. The van der Waals surface area contributed by atoms with Crippen molar-refractivity contribution in [2.75, 3.05) is 19.7 Å². The van der Waals surface area contributed by atoms with Crippen LogP contribution in [0.1, 0.15) is 43.8 Å². The average molecular weight is 324 g/mol. The Kier molecular flexibility index (Phi) is 4.71. The van der Waals surface area contributed by atoms with Crippen LogP contribution in [0.3, 0.4) is 0 Å². The molecule has 0 radical (unpaired) electrons. The second kappa shape index (κ2) is 6.57. The van der Waals surface area contributed by atoms with Crippen LogP contribution < -0.4 is 0 Å². The molecule has 0 aromatic heterocycles. The van der Waals surface area contributed by atoms with Crippen LogP contribution in [0.25, 0.3) is 0 Å². The van der Waals surface area contributed by atoms with Crippen LogP contribution >= 0.6 is 11.6 Å². The summed E-state index contributed by atoms with van der Waals surface area (Å²) in [5.74, 6) is -0.00275. The van der Waals surface area contributed by atoms with Crippen molar-refractivity contribution < 1.29 is 14.6 Å². The predicted molar refractivity (Wildman–Crippen MR) is 84.8 cm³/mol. The average Bonchev–Trinajstić information content (AvgIpc) is 2.95. The lowest BCUT2D eigenvalue weighted by atomic mass is 9.99. The summed E-state index contributed by atoms with van der Waals surface area (Å²) in [6.07, 6.45) is 3.75. The Bertz CT molecular complexity index is 525. The lowest BCUT2D eigenvalue weighted by molar-refractivity contribution is -0.151. The third-order valence-corrected chi connectivity index (χ3v) is 4.99. The van der Waals surface area contributed by atoms with Gasteiger partial charge in [-0.05, 0) is 30.5 Å². The first kappa shape index (κ1) is 15.8. The fourth-order valence-corrected chi connectivity index (χ4v) is 3.60. The third kappa shape index (κ3) is 3.45. The molecule has 1 aromatic rings. The summed E-state index contributed by atoms with van der Waals surface area (Å²) in [7, 11) is 0. The molecule has 1 spiro atoms. The number of carbonyl (C=O) groups excluding carboxylic acids is 1. The summed E-state index contributed by atoms with van der Waals surface area (Å²) in [6.45, 7) is 1.88. The standard InChI is InChI=1S/C17H22ClNO3/c18-14-5-3-13(4-6-14)15(20)11-16(21)19-9-10-22-17(12-19)7-1-2-8-17/h3-6,15,20H,1-2,7-12H2/t15-/m0/s1. The molecule has 3 rings (SSSR count). The zero-order valence-corrected chi connectivity index (χ0v) is 13.4. The zero-order valence-electron chi connectivity index (χ0n) is 12.6. The van der Waals surface area contributed by atoms with E-state index < -0.39 is 6.10 Å². The van der Waals surface area contributed by atoms with Crippen molar-refractivity contribution in [2.24, 2.45) is 0 Å². The highest BCUT2D eigenvalue weighted by molar-refractivity contribution is 6.30. The SMILES string of the molecule is O=C(C[C@H](O)c1ccc(Cl)cc1)N1CCOC2(CCCC2)C1. The second-order valence-corrected chi connectivity index (χ2v) is 6.76. The molecule has 2 aliphatic rings. The minimum Gasteiger partial charge on any atom is -0.388 e. The molecule has 1 amide bonds. The molecule has 1 saturated heterocycles. The lowest BCUT2D eigenvalue weighted by Crippen LogP contribution is -2.52. The van der Waals surface area contributed by atoms with Crippen LogP contribution in [0.5, 0.6) is 0 Å². The van der Waals surface area contributed by atoms with Gasteiger partial charge >= 0.3 is 0 Å². The van der Waals surface area contributed by atoms with Gasteiger partial charge in [0.2, 0.25) is 5.91 Å². The van der Waals surface area contributed by atoms with E-state index in [0.717, 1.165) is 18.4 Å². The molecule has 1 aliphatic heterocycles. The number of amides is 1. The van der Waals surface area contributed by atoms with E-state index in [1.807, 2.05) is 4.90 Å². The number of morpholine rings is 1. The van der Waals surface area contributed by atoms with Crippen LogP contribution in [0.15, 0.2) is 24.3 Å². The highest BCUT2D eigenvalue weighted by atomic mass is 35.5. The maximum atomic E-state index is 12.5. The van der Waals surface area contributed by atoms with Gasteiger partial charge < -0.3 is 14.7 Å². The second-order valence-electron chi connectivity index (χ2n) is 6.33. The summed E-state index contributed by atoms with van der Waals surface area (Å²) in [4.78, 5) is 14.3. The molecule has 22 heavy (non-hydrogen) atoms. The van der Waals surface area contributed by atoms with E-state index in [4.69, 9.17) is 16.3 Å². The van der Waals surface area contributed by atoms with Gasteiger partial charge in [-0.15, -0.1) is 0 Å². The van der Waals surface area contributed by atoms with Crippen LogP contribution in [0.4, 0.5) is 0 Å². The first-order valence-corrected chi connectivity index (χ1v) is 8.31. The number of aliphatic hydroxyl groups excluding tert-OH is 1. The molecular weight excluding hydrogens is 302 g/mol. The Morgan fingerprint density at radius 2 is 2.00 bits per heavy atom. The van der Waals surface area contributed by atoms with E-state index in [2.05, 4.69) is 0 Å². The monoisotopic (exact) mass is 323 g/mol. The first-order valence-electron chi connectivity index (χ1n) is 7.93. The number of hydrogen-bond acceptors (Lipinski definition) is 3. The quantitative estimate of drug-likeness (QED) is 0.930. The maximum Gasteiger partial charge on any atom is 0.225 e. The summed E-state index contributed by atoms with van der Waals surface area (Å²) in [5.41, 5.74) is 0.598. The number of hydrogen-bond donors (Lipinski definition) is 1. The highest BCUT2D eigenvalue weighted by Gasteiger charge is 2.40. The Balaban J connectivity index is 1.60. The fourth-order valence-electron chi connectivity index (χ4n) is 3.48. The number of nitrogens with zero attached hydrogens (tertiary/aromatic N) is 1. The van der Waals surface area contributed by atoms with Crippen LogP contribution in [-0.2, 0) is 9.53 Å². The molecule has 1 aromatic carbocycles. The molecular formula is C17H22ClNO3. The molecule has 1 heterocycles. The van der Waals surface area contributed by atoms with E-state index in [-0.39, 0.29) is 17.9 Å². The van der Waals surface area contributed by atoms with E-state index >= 15 is 0 Å². The molecule has 2 fully saturated rings. The minimum atomic E-state index is -0.785. The van der Waals surface area contributed by atoms with Crippen molar-refractivity contribution in [3.05, 3.63) is 34.9 Å². The summed E-state index contributed by atoms with van der Waals surface area (Å²) in [6, 6.07) is 6.98. The summed E-state index contributed by atoms with van der Waals surface area (Å²) < 4.78 is 5.94. The Labute approximate surface area is 136 Å². The van der Waals surface area contributed by atoms with Gasteiger partial charge in [0.1, 0.15) is 0 Å². The van der Waals surface area contributed by atoms with Crippen molar-refractivity contribution in [2.45, 2.75) is 43.8 Å². The van der Waals surface area contributed by atoms with Crippen LogP contribution in [0.2, 0.25) is 5.02 Å². The maximum absolute atomic E-state index is 12.5. The molecule has 1 atom stereocenters. The Hall–Kier alpha value is -1.10. The van der Waals surface area contributed by atoms with Crippen LogP contribution in [0, 0.1) is 0 Å². The third-order valence-electron chi connectivity index (χ3n) is 4.74. The van der Waals surface area contributed by atoms with Crippen molar-refractivity contribution in [3.63, 3.8) is 0 Å². The van der Waals surface area contributed by atoms with Crippen molar-refractivity contribution in [1.82, 2.24) is 4.90 Å². The van der Waals surface area contributed by atoms with Gasteiger partial charge in [0.25, 0.3) is 0 Å². The molecule has 1 saturated carbocycles. The number of benzene rings is 1. The summed E-state index contributed by atoms with van der Waals surface area (Å²) >= 11 is 5.84. The van der Waals surface area contributed by atoms with Crippen LogP contribution in [-0.4, -0.2) is 41.2 Å². The number of aliphatic hydroxyl groups is 1. The molecule has 120 valence electrons. The molecule has 0 unspecified atom stereocenters. The molecule has 1 aliphatic carbocycles. The fraction of sp³-hybridized carbons (Fsp3) is 0.588. The van der Waals surface area contributed by atoms with Crippen molar-refractivity contribution >= 4 is 17.5 Å². The van der Waals surface area contributed by atoms with Crippen molar-refractivity contribution in [1.29, 1.82) is 0 Å². The first-order chi connectivity index (χ1) is 10.6. The molecule has 5 heteroatoms. The summed E-state index contributed by atoms with van der Waals surface area (Å²) in [5, 5.41) is 10.9. The van der Waals surface area contributed by atoms with E-state index in [0.29, 0.717) is 24.7 Å². The van der Waals surface area contributed by atoms with Gasteiger partial charge in [-0.3, -0.25) is 4.79 Å². The van der Waals surface area contributed by atoms with Gasteiger partial charge in [-0.1, -0.05) is 36.6 Å². The van der Waals surface area contributed by atoms with Gasteiger partial charge in [0.15, 0.2) is 0 Å². The predicted octanol–water partition coefficient (Wildman–Crippen LogP) is 2.94. The lowest BCUT2D eigenvalue weighted by Gasteiger charge is -2.40. The van der Waals surface area contributed by atoms with Gasteiger partial charge in [-0.2, -0.15) is 0 Å². The molecule has 0 bridgehead atoms. The number of rotatable bonds is 3.